The number of thiol groups is 1. The number of thioether (sulfide) groups is 1. The van der Waals surface area contributed by atoms with Crippen molar-refractivity contribution in [3.8, 4) is 0 Å². The summed E-state index contributed by atoms with van der Waals surface area (Å²) in [5.74, 6) is 1.98. The summed E-state index contributed by atoms with van der Waals surface area (Å²) >= 11 is 6.14. The molecule has 0 spiro atoms. The fraction of sp³-hybridized carbons (Fsp3) is 0.875. The molecule has 0 amide bonds. The van der Waals surface area contributed by atoms with E-state index in [-0.39, 0.29) is 11.9 Å². The SMILES string of the molecule is CCOC(=O)[C@@H]1CSC[C@@H](S)C1. The molecule has 0 unspecified atom stereocenters. The molecule has 1 rings (SSSR count). The molecule has 0 saturated carbocycles. The molecule has 1 heterocycles. The summed E-state index contributed by atoms with van der Waals surface area (Å²) in [6, 6.07) is 0. The molecule has 12 heavy (non-hydrogen) atoms. The molecule has 70 valence electrons. The Morgan fingerprint density at radius 2 is 2.42 bits per heavy atom. The van der Waals surface area contributed by atoms with Crippen LogP contribution in [-0.2, 0) is 9.53 Å². The van der Waals surface area contributed by atoms with Crippen molar-refractivity contribution in [1.29, 1.82) is 0 Å². The molecule has 0 aromatic carbocycles. The summed E-state index contributed by atoms with van der Waals surface area (Å²) in [7, 11) is 0. The van der Waals surface area contributed by atoms with Crippen LogP contribution in [-0.4, -0.2) is 29.3 Å². The van der Waals surface area contributed by atoms with Crippen molar-refractivity contribution in [2.45, 2.75) is 18.6 Å². The van der Waals surface area contributed by atoms with Gasteiger partial charge in [-0.1, -0.05) is 0 Å². The van der Waals surface area contributed by atoms with E-state index in [1.165, 1.54) is 0 Å². The zero-order valence-corrected chi connectivity index (χ0v) is 8.87. The summed E-state index contributed by atoms with van der Waals surface area (Å²) in [4.78, 5) is 11.3. The zero-order chi connectivity index (χ0) is 8.97. The van der Waals surface area contributed by atoms with E-state index in [2.05, 4.69) is 12.6 Å². The topological polar surface area (TPSA) is 26.3 Å². The number of rotatable bonds is 2. The number of carbonyl (C=O) groups is 1. The van der Waals surface area contributed by atoms with Crippen LogP contribution >= 0.6 is 24.4 Å². The second-order valence-corrected chi connectivity index (χ2v) is 4.68. The molecule has 0 aromatic rings. The third kappa shape index (κ3) is 2.90. The maximum Gasteiger partial charge on any atom is 0.309 e. The van der Waals surface area contributed by atoms with E-state index >= 15 is 0 Å². The molecule has 0 aliphatic carbocycles. The maximum absolute atomic E-state index is 11.3. The smallest absolute Gasteiger partial charge is 0.309 e. The zero-order valence-electron chi connectivity index (χ0n) is 7.16. The summed E-state index contributed by atoms with van der Waals surface area (Å²) in [6.45, 7) is 2.32. The van der Waals surface area contributed by atoms with Crippen LogP contribution in [0.15, 0.2) is 0 Å². The molecular formula is C8H14O2S2. The van der Waals surface area contributed by atoms with Gasteiger partial charge in [-0.25, -0.2) is 0 Å². The van der Waals surface area contributed by atoms with Crippen LogP contribution in [0.5, 0.6) is 0 Å². The highest BCUT2D eigenvalue weighted by atomic mass is 32.2. The quantitative estimate of drug-likeness (QED) is 0.549. The Bertz CT molecular complexity index is 161. The fourth-order valence-electron chi connectivity index (χ4n) is 1.24. The highest BCUT2D eigenvalue weighted by Crippen LogP contribution is 2.26. The molecule has 0 radical (unpaired) electrons. The van der Waals surface area contributed by atoms with Crippen LogP contribution < -0.4 is 0 Å². The van der Waals surface area contributed by atoms with Crippen LogP contribution in [0, 0.1) is 5.92 Å². The largest absolute Gasteiger partial charge is 0.466 e. The van der Waals surface area contributed by atoms with Gasteiger partial charge in [0.1, 0.15) is 0 Å². The second kappa shape index (κ2) is 5.02. The van der Waals surface area contributed by atoms with E-state index < -0.39 is 0 Å². The molecule has 2 nitrogen and oxygen atoms in total. The molecule has 0 N–H and O–H groups in total. The van der Waals surface area contributed by atoms with Crippen molar-refractivity contribution in [2.24, 2.45) is 5.92 Å². The molecule has 1 fully saturated rings. The van der Waals surface area contributed by atoms with Gasteiger partial charge in [-0.2, -0.15) is 24.4 Å². The average molecular weight is 206 g/mol. The predicted octanol–water partition coefficient (Wildman–Crippen LogP) is 1.60. The molecule has 1 aliphatic rings. The Labute approximate surface area is 82.8 Å². The number of ether oxygens (including phenoxy) is 1. The first-order chi connectivity index (χ1) is 5.74. The minimum atomic E-state index is -0.0521. The lowest BCUT2D eigenvalue weighted by Gasteiger charge is -2.23. The number of hydrogen-bond acceptors (Lipinski definition) is 4. The first-order valence-corrected chi connectivity index (χ1v) is 5.83. The number of hydrogen-bond donors (Lipinski definition) is 1. The summed E-state index contributed by atoms with van der Waals surface area (Å²) in [6.07, 6.45) is 0.870. The summed E-state index contributed by atoms with van der Waals surface area (Å²) < 4.78 is 4.94. The fourth-order valence-corrected chi connectivity index (χ4v) is 2.91. The van der Waals surface area contributed by atoms with Gasteiger partial charge in [-0.15, -0.1) is 0 Å². The maximum atomic E-state index is 11.3. The lowest BCUT2D eigenvalue weighted by atomic mass is 10.1. The van der Waals surface area contributed by atoms with Crippen molar-refractivity contribution in [3.63, 3.8) is 0 Å². The molecule has 0 bridgehead atoms. The van der Waals surface area contributed by atoms with Crippen LogP contribution in [0.4, 0.5) is 0 Å². The Balaban J connectivity index is 2.35. The first kappa shape index (κ1) is 10.3. The molecular weight excluding hydrogens is 192 g/mol. The van der Waals surface area contributed by atoms with Crippen LogP contribution in [0.2, 0.25) is 0 Å². The Morgan fingerprint density at radius 1 is 1.67 bits per heavy atom. The number of carbonyl (C=O) groups excluding carboxylic acids is 1. The van der Waals surface area contributed by atoms with Gasteiger partial charge in [-0.3, -0.25) is 4.79 Å². The molecule has 0 aromatic heterocycles. The standard InChI is InChI=1S/C8H14O2S2/c1-2-10-8(9)6-3-7(11)5-12-4-6/h6-7,11H,2-5H2,1H3/t6-,7-/m0/s1. The van der Waals surface area contributed by atoms with Crippen molar-refractivity contribution < 1.29 is 9.53 Å². The molecule has 1 saturated heterocycles. The summed E-state index contributed by atoms with van der Waals surface area (Å²) in [5, 5.41) is 0.359. The van der Waals surface area contributed by atoms with Crippen molar-refractivity contribution in [3.05, 3.63) is 0 Å². The average Bonchev–Trinajstić information content (AvgIpc) is 2.05. The van der Waals surface area contributed by atoms with Crippen molar-refractivity contribution in [1.82, 2.24) is 0 Å². The van der Waals surface area contributed by atoms with Gasteiger partial charge < -0.3 is 4.74 Å². The Hall–Kier alpha value is 0.170. The minimum absolute atomic E-state index is 0.0521. The molecule has 1 aliphatic heterocycles. The molecule has 2 atom stereocenters. The lowest BCUT2D eigenvalue weighted by molar-refractivity contribution is -0.147. The Morgan fingerprint density at radius 3 is 3.00 bits per heavy atom. The Kier molecular flexibility index (Phi) is 4.29. The highest BCUT2D eigenvalue weighted by molar-refractivity contribution is 8.00. The normalized spacial score (nSPS) is 29.8. The highest BCUT2D eigenvalue weighted by Gasteiger charge is 2.26. The van der Waals surface area contributed by atoms with Gasteiger partial charge in [0, 0.05) is 16.8 Å². The number of esters is 1. The van der Waals surface area contributed by atoms with Gasteiger partial charge in [0.15, 0.2) is 0 Å². The van der Waals surface area contributed by atoms with Crippen LogP contribution in [0.1, 0.15) is 13.3 Å². The third-order valence-corrected chi connectivity index (χ3v) is 3.72. The van der Waals surface area contributed by atoms with Crippen molar-refractivity contribution >= 4 is 30.4 Å². The van der Waals surface area contributed by atoms with E-state index in [4.69, 9.17) is 4.74 Å². The first-order valence-electron chi connectivity index (χ1n) is 4.16. The minimum Gasteiger partial charge on any atom is -0.466 e. The van der Waals surface area contributed by atoms with E-state index in [0.29, 0.717) is 11.9 Å². The lowest BCUT2D eigenvalue weighted by Crippen LogP contribution is -2.28. The van der Waals surface area contributed by atoms with Gasteiger partial charge >= 0.3 is 5.97 Å². The second-order valence-electron chi connectivity index (χ2n) is 2.88. The third-order valence-electron chi connectivity index (χ3n) is 1.81. The molecule has 4 heteroatoms. The van der Waals surface area contributed by atoms with Gasteiger partial charge in [0.2, 0.25) is 0 Å². The van der Waals surface area contributed by atoms with Gasteiger partial charge in [-0.05, 0) is 13.3 Å². The van der Waals surface area contributed by atoms with E-state index in [1.54, 1.807) is 11.8 Å². The van der Waals surface area contributed by atoms with E-state index in [0.717, 1.165) is 17.9 Å². The summed E-state index contributed by atoms with van der Waals surface area (Å²) in [5.41, 5.74) is 0. The van der Waals surface area contributed by atoms with Crippen molar-refractivity contribution in [2.75, 3.05) is 18.1 Å². The van der Waals surface area contributed by atoms with Gasteiger partial charge in [0.25, 0.3) is 0 Å². The van der Waals surface area contributed by atoms with Gasteiger partial charge in [0.05, 0.1) is 12.5 Å². The monoisotopic (exact) mass is 206 g/mol. The van der Waals surface area contributed by atoms with E-state index in [9.17, 15) is 4.79 Å². The van der Waals surface area contributed by atoms with Crippen LogP contribution in [0.25, 0.3) is 0 Å². The predicted molar refractivity (Wildman–Crippen MR) is 54.8 cm³/mol. The van der Waals surface area contributed by atoms with Crippen LogP contribution in [0.3, 0.4) is 0 Å². The van der Waals surface area contributed by atoms with E-state index in [1.807, 2.05) is 6.92 Å².